The number of hydrogen-bond acceptors (Lipinski definition) is 7. The van der Waals surface area contributed by atoms with Crippen LogP contribution in [0.4, 0.5) is 5.69 Å². The first-order chi connectivity index (χ1) is 13.6. The maximum absolute atomic E-state index is 12.3. The van der Waals surface area contributed by atoms with E-state index in [1.54, 1.807) is 0 Å². The second kappa shape index (κ2) is 9.30. The van der Waals surface area contributed by atoms with Crippen LogP contribution in [0.2, 0.25) is 0 Å². The monoisotopic (exact) mass is 410 g/mol. The van der Waals surface area contributed by atoms with Crippen LogP contribution in [0, 0.1) is 18.3 Å². The first kappa shape index (κ1) is 19.8. The average molecular weight is 411 g/mol. The van der Waals surface area contributed by atoms with Crippen molar-refractivity contribution in [3.63, 3.8) is 0 Å². The quantitative estimate of drug-likeness (QED) is 0.454. The molecule has 0 aliphatic rings. The number of amides is 1. The molecule has 0 bridgehead atoms. The summed E-state index contributed by atoms with van der Waals surface area (Å²) in [5.74, 6) is 6.91. The summed E-state index contributed by atoms with van der Waals surface area (Å²) < 4.78 is 1.39. The number of nitrogens with two attached hydrogens (primary N) is 1. The van der Waals surface area contributed by atoms with E-state index in [1.165, 1.54) is 28.2 Å². The summed E-state index contributed by atoms with van der Waals surface area (Å²) in [5.41, 5.74) is 2.69. The van der Waals surface area contributed by atoms with Crippen molar-refractivity contribution in [3.05, 3.63) is 54.1 Å². The molecule has 142 valence electrons. The van der Waals surface area contributed by atoms with E-state index in [4.69, 9.17) is 11.1 Å². The van der Waals surface area contributed by atoms with Gasteiger partial charge in [0.1, 0.15) is 0 Å². The molecule has 1 amide bonds. The predicted octanol–water partition coefficient (Wildman–Crippen LogP) is 3.31. The lowest BCUT2D eigenvalue weighted by atomic mass is 10.1. The molecule has 0 atom stereocenters. The van der Waals surface area contributed by atoms with Crippen LogP contribution in [0.3, 0.4) is 0 Å². The molecular formula is C19H18N6OS2. The third kappa shape index (κ3) is 4.85. The van der Waals surface area contributed by atoms with Gasteiger partial charge in [0, 0.05) is 10.5 Å². The van der Waals surface area contributed by atoms with Gasteiger partial charge in [0.05, 0.1) is 23.3 Å². The van der Waals surface area contributed by atoms with Gasteiger partial charge in [0.25, 0.3) is 0 Å². The molecule has 0 radical (unpaired) electrons. The lowest BCUT2D eigenvalue weighted by Gasteiger charge is -2.09. The van der Waals surface area contributed by atoms with E-state index in [0.29, 0.717) is 22.4 Å². The lowest BCUT2D eigenvalue weighted by Crippen LogP contribution is -2.16. The first-order valence-corrected chi connectivity index (χ1v) is 10.3. The van der Waals surface area contributed by atoms with Crippen LogP contribution in [-0.2, 0) is 4.79 Å². The fourth-order valence-corrected chi connectivity index (χ4v) is 3.72. The molecule has 28 heavy (non-hydrogen) atoms. The SMILES string of the molecule is Cc1ccc(-c2nnc(SCC(=O)Nc3ccccc3SCC#N)n2N)cc1. The van der Waals surface area contributed by atoms with Crippen LogP contribution in [0.5, 0.6) is 0 Å². The van der Waals surface area contributed by atoms with E-state index >= 15 is 0 Å². The molecule has 0 unspecified atom stereocenters. The summed E-state index contributed by atoms with van der Waals surface area (Å²) in [6.45, 7) is 2.01. The van der Waals surface area contributed by atoms with Gasteiger partial charge in [-0.15, -0.1) is 22.0 Å². The molecule has 9 heteroatoms. The van der Waals surface area contributed by atoms with Crippen LogP contribution in [-0.4, -0.2) is 32.3 Å². The Bertz CT molecular complexity index is 1010. The summed E-state index contributed by atoms with van der Waals surface area (Å²) >= 11 is 2.59. The third-order valence-corrected chi connectivity index (χ3v) is 5.64. The zero-order valence-electron chi connectivity index (χ0n) is 15.1. The fourth-order valence-electron chi connectivity index (χ4n) is 2.40. The van der Waals surface area contributed by atoms with Crippen molar-refractivity contribution < 1.29 is 4.79 Å². The van der Waals surface area contributed by atoms with E-state index < -0.39 is 0 Å². The highest BCUT2D eigenvalue weighted by molar-refractivity contribution is 8.00. The van der Waals surface area contributed by atoms with E-state index in [0.717, 1.165) is 16.0 Å². The minimum absolute atomic E-state index is 0.139. The minimum Gasteiger partial charge on any atom is -0.335 e. The van der Waals surface area contributed by atoms with Gasteiger partial charge in [-0.2, -0.15) is 5.26 Å². The first-order valence-electron chi connectivity index (χ1n) is 8.37. The predicted molar refractivity (Wildman–Crippen MR) is 112 cm³/mol. The Morgan fingerprint density at radius 1 is 1.18 bits per heavy atom. The molecule has 2 aromatic carbocycles. The van der Waals surface area contributed by atoms with Gasteiger partial charge < -0.3 is 11.2 Å². The zero-order chi connectivity index (χ0) is 19.9. The molecule has 0 spiro atoms. The number of thioether (sulfide) groups is 2. The maximum Gasteiger partial charge on any atom is 0.234 e. The van der Waals surface area contributed by atoms with Crippen LogP contribution >= 0.6 is 23.5 Å². The van der Waals surface area contributed by atoms with Crippen molar-refractivity contribution in [2.45, 2.75) is 17.0 Å². The average Bonchev–Trinajstić information content (AvgIpc) is 3.07. The van der Waals surface area contributed by atoms with Crippen molar-refractivity contribution in [2.75, 3.05) is 22.7 Å². The molecule has 0 aliphatic heterocycles. The number of nitrogens with zero attached hydrogens (tertiary/aromatic N) is 4. The van der Waals surface area contributed by atoms with Crippen LogP contribution < -0.4 is 11.2 Å². The normalized spacial score (nSPS) is 10.4. The largest absolute Gasteiger partial charge is 0.335 e. The van der Waals surface area contributed by atoms with Crippen molar-refractivity contribution in [3.8, 4) is 17.5 Å². The topological polar surface area (TPSA) is 110 Å². The number of carbonyl (C=O) groups is 1. The number of benzene rings is 2. The molecule has 3 rings (SSSR count). The molecule has 0 saturated carbocycles. The standard InChI is InChI=1S/C19H18N6OS2/c1-13-6-8-14(9-7-13)18-23-24-19(25(18)21)28-12-17(26)22-15-4-2-3-5-16(15)27-11-10-20/h2-9H,11-12,21H2,1H3,(H,22,26). The summed E-state index contributed by atoms with van der Waals surface area (Å²) in [5, 5.41) is 20.3. The number of nitrogen functional groups attached to an aromatic ring is 1. The number of para-hydroxylation sites is 1. The van der Waals surface area contributed by atoms with Crippen molar-refractivity contribution in [1.29, 1.82) is 5.26 Å². The third-order valence-electron chi connectivity index (χ3n) is 3.76. The highest BCUT2D eigenvalue weighted by Crippen LogP contribution is 2.27. The highest BCUT2D eigenvalue weighted by Gasteiger charge is 2.14. The number of hydrogen-bond donors (Lipinski definition) is 2. The van der Waals surface area contributed by atoms with Gasteiger partial charge in [-0.05, 0) is 19.1 Å². The zero-order valence-corrected chi connectivity index (χ0v) is 16.8. The molecule has 0 aliphatic carbocycles. The minimum atomic E-state index is -0.185. The number of aromatic nitrogens is 3. The van der Waals surface area contributed by atoms with Gasteiger partial charge in [-0.25, -0.2) is 4.68 Å². The van der Waals surface area contributed by atoms with Gasteiger partial charge in [-0.1, -0.05) is 53.7 Å². The maximum atomic E-state index is 12.3. The van der Waals surface area contributed by atoms with Crippen molar-refractivity contribution in [1.82, 2.24) is 14.9 Å². The van der Waals surface area contributed by atoms with Gasteiger partial charge in [0.15, 0.2) is 5.82 Å². The summed E-state index contributed by atoms with van der Waals surface area (Å²) in [7, 11) is 0. The second-order valence-corrected chi connectivity index (χ2v) is 7.78. The Hall–Kier alpha value is -2.96. The van der Waals surface area contributed by atoms with E-state index in [9.17, 15) is 4.79 Å². The van der Waals surface area contributed by atoms with Gasteiger partial charge in [-0.3, -0.25) is 4.79 Å². The van der Waals surface area contributed by atoms with Crippen molar-refractivity contribution >= 4 is 35.1 Å². The summed E-state index contributed by atoms with van der Waals surface area (Å²) in [6, 6.07) is 17.3. The molecule has 3 N–H and O–H groups in total. The Morgan fingerprint density at radius 2 is 1.93 bits per heavy atom. The molecule has 3 aromatic rings. The van der Waals surface area contributed by atoms with Gasteiger partial charge >= 0.3 is 0 Å². The number of aryl methyl sites for hydroxylation is 1. The number of rotatable bonds is 7. The number of nitrogens with one attached hydrogen (secondary N) is 1. The molecule has 1 aromatic heterocycles. The van der Waals surface area contributed by atoms with E-state index in [1.807, 2.05) is 55.5 Å². The van der Waals surface area contributed by atoms with Crippen LogP contribution in [0.15, 0.2) is 58.6 Å². The highest BCUT2D eigenvalue weighted by atomic mass is 32.2. The molecule has 1 heterocycles. The summed E-state index contributed by atoms with van der Waals surface area (Å²) in [4.78, 5) is 13.2. The van der Waals surface area contributed by atoms with Crippen LogP contribution in [0.1, 0.15) is 5.56 Å². The van der Waals surface area contributed by atoms with E-state index in [2.05, 4.69) is 21.6 Å². The fraction of sp³-hybridized carbons (Fsp3) is 0.158. The molecule has 0 fully saturated rings. The number of carbonyl (C=O) groups excluding carboxylic acids is 1. The number of anilines is 1. The Kier molecular flexibility index (Phi) is 6.57. The molecule has 7 nitrogen and oxygen atoms in total. The lowest BCUT2D eigenvalue weighted by molar-refractivity contribution is -0.113. The smallest absolute Gasteiger partial charge is 0.234 e. The second-order valence-electron chi connectivity index (χ2n) is 5.82. The van der Waals surface area contributed by atoms with Gasteiger partial charge in [0.2, 0.25) is 11.1 Å². The Labute approximate surface area is 171 Å². The molecule has 0 saturated heterocycles. The van der Waals surface area contributed by atoms with E-state index in [-0.39, 0.29) is 11.7 Å². The summed E-state index contributed by atoms with van der Waals surface area (Å²) in [6.07, 6.45) is 0. The van der Waals surface area contributed by atoms with Crippen LogP contribution in [0.25, 0.3) is 11.4 Å². The Balaban J connectivity index is 1.63. The Morgan fingerprint density at radius 3 is 2.68 bits per heavy atom. The number of nitriles is 1. The molecular weight excluding hydrogens is 392 g/mol. The van der Waals surface area contributed by atoms with Crippen molar-refractivity contribution in [2.24, 2.45) is 0 Å².